The van der Waals surface area contributed by atoms with Crippen LogP contribution in [0.2, 0.25) is 0 Å². The second kappa shape index (κ2) is 11.3. The molecule has 0 fully saturated rings. The molecule has 0 aromatic rings. The number of carboxylic acids is 3. The molecule has 0 aliphatic heterocycles. The normalized spacial score (nSPS) is 10.3. The van der Waals surface area contributed by atoms with Crippen molar-refractivity contribution in [3.63, 3.8) is 0 Å². The number of hydrogen-bond donors (Lipinski definition) is 5. The zero-order chi connectivity index (χ0) is 18.2. The fourth-order valence-electron chi connectivity index (χ4n) is 0. The van der Waals surface area contributed by atoms with Crippen LogP contribution in [0.25, 0.3) is 0 Å². The summed E-state index contributed by atoms with van der Waals surface area (Å²) in [6.45, 7) is 0. The van der Waals surface area contributed by atoms with Gasteiger partial charge in [0, 0.05) is 0 Å². The Labute approximate surface area is 119 Å². The van der Waals surface area contributed by atoms with Crippen molar-refractivity contribution < 1.29 is 69.2 Å². The number of halogens is 9. The SMILES string of the molecule is N.N.O=C(O)C(F)(F)F.O=C(O)C(F)(F)F.O=C(O)C(F)(F)F. The third-order valence-corrected chi connectivity index (χ3v) is 0.728. The molecule has 0 aliphatic carbocycles. The summed E-state index contributed by atoms with van der Waals surface area (Å²) < 4.78 is 95.2. The van der Waals surface area contributed by atoms with Crippen molar-refractivity contribution in [2.45, 2.75) is 18.5 Å². The first-order valence-corrected chi connectivity index (χ1v) is 3.73. The number of carbonyl (C=O) groups is 3. The minimum atomic E-state index is -5.08. The predicted octanol–water partition coefficient (Wildman–Crippen LogP) is 2.22. The van der Waals surface area contributed by atoms with Crippen LogP contribution < -0.4 is 12.3 Å². The van der Waals surface area contributed by atoms with Crippen molar-refractivity contribution in [3.05, 3.63) is 0 Å². The maximum atomic E-state index is 10.6. The molecule has 8 nitrogen and oxygen atoms in total. The Morgan fingerprint density at radius 3 is 0.522 bits per heavy atom. The van der Waals surface area contributed by atoms with E-state index in [1.165, 1.54) is 0 Å². The standard InChI is InChI=1S/3C2HF3O2.2H3N/c3*3-2(4,5)1(6)7;;/h3*(H,6,7);2*1H3. The van der Waals surface area contributed by atoms with Gasteiger partial charge in [-0.05, 0) is 0 Å². The van der Waals surface area contributed by atoms with Crippen molar-refractivity contribution >= 4 is 17.9 Å². The third kappa shape index (κ3) is 25.0. The van der Waals surface area contributed by atoms with Crippen LogP contribution in [-0.4, -0.2) is 51.8 Å². The van der Waals surface area contributed by atoms with Crippen molar-refractivity contribution in [2.75, 3.05) is 0 Å². The van der Waals surface area contributed by atoms with Crippen molar-refractivity contribution in [1.29, 1.82) is 0 Å². The van der Waals surface area contributed by atoms with Gasteiger partial charge in [-0.25, -0.2) is 14.4 Å². The Morgan fingerprint density at radius 2 is 0.522 bits per heavy atom. The predicted molar refractivity (Wildman–Crippen MR) is 51.1 cm³/mol. The molecule has 0 aromatic heterocycles. The van der Waals surface area contributed by atoms with Gasteiger partial charge in [-0.3, -0.25) is 0 Å². The Morgan fingerprint density at radius 1 is 0.478 bits per heavy atom. The van der Waals surface area contributed by atoms with Crippen LogP contribution in [0, 0.1) is 0 Å². The molecule has 0 saturated carbocycles. The Hall–Kier alpha value is -2.30. The van der Waals surface area contributed by atoms with E-state index in [-0.39, 0.29) is 12.3 Å². The first-order valence-electron chi connectivity index (χ1n) is 3.73. The van der Waals surface area contributed by atoms with E-state index in [2.05, 4.69) is 0 Å². The number of hydrogen-bond acceptors (Lipinski definition) is 5. The van der Waals surface area contributed by atoms with E-state index >= 15 is 0 Å². The van der Waals surface area contributed by atoms with Crippen LogP contribution in [0.1, 0.15) is 0 Å². The minimum Gasteiger partial charge on any atom is -0.475 e. The van der Waals surface area contributed by atoms with Gasteiger partial charge >= 0.3 is 36.4 Å². The lowest BCUT2D eigenvalue weighted by molar-refractivity contribution is -0.193. The molecule has 23 heavy (non-hydrogen) atoms. The maximum absolute atomic E-state index is 10.6. The molecule has 0 unspecified atom stereocenters. The summed E-state index contributed by atoms with van der Waals surface area (Å²) in [5, 5.41) is 21.4. The molecule has 0 radical (unpaired) electrons. The molecule has 0 aliphatic rings. The van der Waals surface area contributed by atoms with Crippen molar-refractivity contribution in [3.8, 4) is 0 Å². The van der Waals surface area contributed by atoms with E-state index in [1.807, 2.05) is 0 Å². The quantitative estimate of drug-likeness (QED) is 0.399. The van der Waals surface area contributed by atoms with Gasteiger partial charge in [0.2, 0.25) is 0 Å². The molecule has 0 rings (SSSR count). The summed E-state index contributed by atoms with van der Waals surface area (Å²) in [5.74, 6) is -8.27. The molecule has 0 amide bonds. The number of alkyl halides is 9. The Bertz CT molecular complexity index is 317. The van der Waals surface area contributed by atoms with Gasteiger partial charge in [0.1, 0.15) is 0 Å². The second-order valence-electron chi connectivity index (χ2n) is 2.41. The molecule has 0 spiro atoms. The third-order valence-electron chi connectivity index (χ3n) is 0.728. The number of carboxylic acid groups (broad SMARTS) is 3. The molecular formula is C6H9F9N2O6. The maximum Gasteiger partial charge on any atom is 0.490 e. The average Bonchev–Trinajstić information content (AvgIpc) is 2.14. The van der Waals surface area contributed by atoms with Crippen LogP contribution in [0.3, 0.4) is 0 Å². The highest BCUT2D eigenvalue weighted by Crippen LogP contribution is 2.14. The summed E-state index contributed by atoms with van der Waals surface area (Å²) in [5.41, 5.74) is 0. The summed E-state index contributed by atoms with van der Waals surface area (Å²) >= 11 is 0. The molecule has 0 saturated heterocycles. The molecule has 0 aromatic carbocycles. The summed E-state index contributed by atoms with van der Waals surface area (Å²) in [7, 11) is 0. The van der Waals surface area contributed by atoms with E-state index in [4.69, 9.17) is 29.7 Å². The monoisotopic (exact) mass is 376 g/mol. The van der Waals surface area contributed by atoms with Gasteiger partial charge in [0.15, 0.2) is 0 Å². The van der Waals surface area contributed by atoms with E-state index in [0.717, 1.165) is 0 Å². The molecule has 9 N–H and O–H groups in total. The molecular weight excluding hydrogens is 367 g/mol. The number of rotatable bonds is 0. The Kier molecular flexibility index (Phi) is 16.0. The van der Waals surface area contributed by atoms with E-state index in [0.29, 0.717) is 0 Å². The highest BCUT2D eigenvalue weighted by atomic mass is 19.4. The molecule has 142 valence electrons. The van der Waals surface area contributed by atoms with Gasteiger partial charge in [0.05, 0.1) is 0 Å². The number of aliphatic carboxylic acids is 3. The van der Waals surface area contributed by atoms with Gasteiger partial charge in [-0.2, -0.15) is 39.5 Å². The summed E-state index contributed by atoms with van der Waals surface area (Å²) in [6, 6.07) is 0. The molecule has 17 heteroatoms. The van der Waals surface area contributed by atoms with Gasteiger partial charge in [0.25, 0.3) is 0 Å². The van der Waals surface area contributed by atoms with Crippen LogP contribution in [0.5, 0.6) is 0 Å². The van der Waals surface area contributed by atoms with Crippen LogP contribution >= 0.6 is 0 Å². The highest BCUT2D eigenvalue weighted by Gasteiger charge is 2.39. The van der Waals surface area contributed by atoms with Crippen molar-refractivity contribution in [2.24, 2.45) is 0 Å². The van der Waals surface area contributed by atoms with Crippen LogP contribution in [0.4, 0.5) is 39.5 Å². The van der Waals surface area contributed by atoms with Gasteiger partial charge < -0.3 is 27.6 Å². The molecule has 0 bridgehead atoms. The van der Waals surface area contributed by atoms with Crippen LogP contribution in [-0.2, 0) is 14.4 Å². The van der Waals surface area contributed by atoms with E-state index < -0.39 is 36.4 Å². The van der Waals surface area contributed by atoms with Crippen LogP contribution in [0.15, 0.2) is 0 Å². The molecule has 0 heterocycles. The summed E-state index contributed by atoms with van der Waals surface area (Å²) in [6.07, 6.45) is -15.3. The molecule has 0 atom stereocenters. The van der Waals surface area contributed by atoms with Gasteiger partial charge in [-0.15, -0.1) is 0 Å². The highest BCUT2D eigenvalue weighted by molar-refractivity contribution is 5.73. The van der Waals surface area contributed by atoms with Gasteiger partial charge in [-0.1, -0.05) is 0 Å². The fourth-order valence-corrected chi connectivity index (χ4v) is 0. The first-order chi connectivity index (χ1) is 8.83. The van der Waals surface area contributed by atoms with Crippen molar-refractivity contribution in [1.82, 2.24) is 12.3 Å². The lowest BCUT2D eigenvalue weighted by Gasteiger charge is -1.93. The van der Waals surface area contributed by atoms with E-state index in [9.17, 15) is 39.5 Å². The zero-order valence-electron chi connectivity index (χ0n) is 10.4. The second-order valence-corrected chi connectivity index (χ2v) is 2.41. The zero-order valence-corrected chi connectivity index (χ0v) is 10.4. The minimum absolute atomic E-state index is 0. The van der Waals surface area contributed by atoms with E-state index in [1.54, 1.807) is 0 Å². The smallest absolute Gasteiger partial charge is 0.475 e. The fraction of sp³-hybridized carbons (Fsp3) is 0.500. The average molecular weight is 376 g/mol. The Balaban J connectivity index is -0.0000000675. The first kappa shape index (κ1) is 32.6. The topological polar surface area (TPSA) is 182 Å². The largest absolute Gasteiger partial charge is 0.490 e. The lowest BCUT2D eigenvalue weighted by atomic mass is 10.7. The summed E-state index contributed by atoms with van der Waals surface area (Å²) in [4.78, 5) is 26.7. The lowest BCUT2D eigenvalue weighted by Crippen LogP contribution is -2.21.